The van der Waals surface area contributed by atoms with Gasteiger partial charge in [0.2, 0.25) is 0 Å². The highest BCUT2D eigenvalue weighted by molar-refractivity contribution is 5.85. The molecule has 0 fully saturated rings. The molecule has 0 aliphatic carbocycles. The Morgan fingerprint density at radius 2 is 1.77 bits per heavy atom. The zero-order valence-electron chi connectivity index (χ0n) is 17.2. The number of rotatable bonds is 5. The Hall–Kier alpha value is -3.05. The van der Waals surface area contributed by atoms with E-state index in [4.69, 9.17) is 5.26 Å². The number of aromatic amines is 1. The predicted molar refractivity (Wildman–Crippen MR) is 108 cm³/mol. The van der Waals surface area contributed by atoms with E-state index in [1.807, 2.05) is 6.07 Å². The van der Waals surface area contributed by atoms with Gasteiger partial charge in [0.1, 0.15) is 11.6 Å². The molecule has 0 saturated carbocycles. The molecule has 0 bridgehead atoms. The van der Waals surface area contributed by atoms with Crippen molar-refractivity contribution < 1.29 is 27.8 Å². The molecule has 3 rings (SSSR count). The topological polar surface area (TPSA) is 80.0 Å². The summed E-state index contributed by atoms with van der Waals surface area (Å²) in [6, 6.07) is 9.74. The van der Waals surface area contributed by atoms with Crippen LogP contribution < -0.4 is 0 Å². The maximum Gasteiger partial charge on any atom is 0.417 e. The highest BCUT2D eigenvalue weighted by atomic mass is 19.4. The first kappa shape index (κ1) is 22.6. The second-order valence-corrected chi connectivity index (χ2v) is 8.59. The number of aromatic hydroxyl groups is 1. The minimum absolute atomic E-state index is 0.0265. The lowest BCUT2D eigenvalue weighted by atomic mass is 9.73. The molecule has 1 heterocycles. The number of alkyl halides is 3. The monoisotopic (exact) mass is 434 g/mol. The molecule has 0 amide bonds. The first-order chi connectivity index (χ1) is 14.3. The number of phenols is 1. The summed E-state index contributed by atoms with van der Waals surface area (Å²) in [4.78, 5) is 2.86. The van der Waals surface area contributed by atoms with Crippen LogP contribution in [-0.2, 0) is 11.8 Å². The van der Waals surface area contributed by atoms with E-state index in [1.54, 1.807) is 13.0 Å². The maximum atomic E-state index is 14.0. The number of H-pyrrole nitrogens is 1. The molecule has 1 unspecified atom stereocenters. The van der Waals surface area contributed by atoms with Gasteiger partial charge in [0.25, 0.3) is 0 Å². The van der Waals surface area contributed by atoms with Gasteiger partial charge >= 0.3 is 6.18 Å². The molecule has 0 spiro atoms. The highest BCUT2D eigenvalue weighted by Gasteiger charge is 2.56. The van der Waals surface area contributed by atoms with Crippen LogP contribution in [0.25, 0.3) is 10.9 Å². The van der Waals surface area contributed by atoms with E-state index in [-0.39, 0.29) is 17.0 Å². The highest BCUT2D eigenvalue weighted by Crippen LogP contribution is 2.45. The zero-order chi connectivity index (χ0) is 23.2. The largest absolute Gasteiger partial charge is 0.508 e. The van der Waals surface area contributed by atoms with Crippen molar-refractivity contribution in [3.8, 4) is 11.8 Å². The lowest BCUT2D eigenvalue weighted by molar-refractivity contribution is -0.266. The van der Waals surface area contributed by atoms with E-state index in [9.17, 15) is 27.8 Å². The van der Waals surface area contributed by atoms with Crippen LogP contribution in [-0.4, -0.2) is 27.0 Å². The van der Waals surface area contributed by atoms with E-state index in [0.717, 1.165) is 23.8 Å². The number of aryl methyl sites for hydroxylation is 1. The molecule has 2 aromatic carbocycles. The van der Waals surface area contributed by atoms with Crippen LogP contribution in [0, 0.1) is 24.1 Å². The number of nitrogens with zero attached hydrogens (tertiary/aromatic N) is 1. The van der Waals surface area contributed by atoms with E-state index in [1.165, 1.54) is 26.0 Å². The smallest absolute Gasteiger partial charge is 0.417 e. The number of halogens is 4. The number of fused-ring (bicyclic) bond motifs is 1. The van der Waals surface area contributed by atoms with Crippen LogP contribution in [0.1, 0.15) is 42.7 Å². The molecular weight excluding hydrogens is 412 g/mol. The fraction of sp³-hybridized carbons (Fsp3) is 0.348. The predicted octanol–water partition coefficient (Wildman–Crippen LogP) is 5.40. The lowest BCUT2D eigenvalue weighted by Crippen LogP contribution is -2.50. The minimum atomic E-state index is -4.99. The number of phenolic OH excluding ortho intramolecular Hbond substituents is 1. The Balaban J connectivity index is 2.02. The Kier molecular flexibility index (Phi) is 5.53. The number of hydrogen-bond donors (Lipinski definition) is 3. The van der Waals surface area contributed by atoms with Crippen LogP contribution in [0.5, 0.6) is 5.75 Å². The van der Waals surface area contributed by atoms with Crippen molar-refractivity contribution >= 4 is 10.9 Å². The first-order valence-electron chi connectivity index (χ1n) is 9.56. The lowest BCUT2D eigenvalue weighted by Gasteiger charge is -2.38. The molecule has 0 aliphatic rings. The van der Waals surface area contributed by atoms with Gasteiger partial charge in [-0.2, -0.15) is 18.4 Å². The number of aromatic nitrogens is 1. The number of aliphatic hydroxyl groups is 1. The summed E-state index contributed by atoms with van der Waals surface area (Å²) < 4.78 is 55.8. The summed E-state index contributed by atoms with van der Waals surface area (Å²) in [5.74, 6) is -1.04. The SMILES string of the molecule is Cc1cc(C#N)cc2[nH]c(CC(O)(CC(C)(C)c3cc(F)ccc3O)C(F)(F)F)cc12. The zero-order valence-corrected chi connectivity index (χ0v) is 17.2. The molecule has 164 valence electrons. The molecule has 0 radical (unpaired) electrons. The van der Waals surface area contributed by atoms with Crippen molar-refractivity contribution in [2.24, 2.45) is 0 Å². The Bertz CT molecular complexity index is 1170. The van der Waals surface area contributed by atoms with Crippen molar-refractivity contribution in [1.29, 1.82) is 5.26 Å². The summed E-state index contributed by atoms with van der Waals surface area (Å²) in [6.45, 7) is 4.56. The van der Waals surface area contributed by atoms with Crippen molar-refractivity contribution in [3.63, 3.8) is 0 Å². The van der Waals surface area contributed by atoms with Crippen LogP contribution in [0.2, 0.25) is 0 Å². The second kappa shape index (κ2) is 7.57. The quantitative estimate of drug-likeness (QED) is 0.471. The van der Waals surface area contributed by atoms with Gasteiger partial charge in [-0.25, -0.2) is 4.39 Å². The van der Waals surface area contributed by atoms with Gasteiger partial charge in [0.15, 0.2) is 5.60 Å². The molecule has 31 heavy (non-hydrogen) atoms. The molecule has 0 aliphatic heterocycles. The summed E-state index contributed by atoms with van der Waals surface area (Å²) in [7, 11) is 0. The standard InChI is InChI=1S/C23H22F4N2O2/c1-13-6-14(11-28)7-19-17(13)9-16(29-19)10-22(31,23(25,26)27)12-21(2,3)18-8-15(24)4-5-20(18)30/h4-9,29-31H,10,12H2,1-3H3. The van der Waals surface area contributed by atoms with Gasteiger partial charge in [-0.1, -0.05) is 13.8 Å². The average molecular weight is 434 g/mol. The van der Waals surface area contributed by atoms with Gasteiger partial charge in [-0.3, -0.25) is 0 Å². The van der Waals surface area contributed by atoms with Crippen molar-refractivity contribution in [3.05, 3.63) is 64.6 Å². The van der Waals surface area contributed by atoms with Crippen LogP contribution in [0.3, 0.4) is 0 Å². The maximum absolute atomic E-state index is 14.0. The number of nitriles is 1. The molecule has 3 N–H and O–H groups in total. The molecule has 3 aromatic rings. The summed E-state index contributed by atoms with van der Waals surface area (Å²) in [6.07, 6.45) is -6.57. The average Bonchev–Trinajstić information content (AvgIpc) is 3.04. The van der Waals surface area contributed by atoms with Gasteiger partial charge in [0.05, 0.1) is 11.6 Å². The molecule has 8 heteroatoms. The number of benzene rings is 2. The summed E-state index contributed by atoms with van der Waals surface area (Å²) >= 11 is 0. The van der Waals surface area contributed by atoms with Gasteiger partial charge in [-0.15, -0.1) is 0 Å². The fourth-order valence-corrected chi connectivity index (χ4v) is 4.09. The van der Waals surface area contributed by atoms with E-state index in [0.29, 0.717) is 16.5 Å². The van der Waals surface area contributed by atoms with E-state index in [2.05, 4.69) is 4.98 Å². The summed E-state index contributed by atoms with van der Waals surface area (Å²) in [5, 5.41) is 30.6. The Labute approximate surface area is 176 Å². The van der Waals surface area contributed by atoms with Crippen LogP contribution >= 0.6 is 0 Å². The van der Waals surface area contributed by atoms with Gasteiger partial charge in [0, 0.05) is 28.6 Å². The first-order valence-corrected chi connectivity index (χ1v) is 9.56. The third-order valence-electron chi connectivity index (χ3n) is 5.56. The Morgan fingerprint density at radius 1 is 1.10 bits per heavy atom. The molecular formula is C23H22F4N2O2. The van der Waals surface area contributed by atoms with Crippen LogP contribution in [0.15, 0.2) is 36.4 Å². The molecule has 1 atom stereocenters. The third kappa shape index (κ3) is 4.37. The van der Waals surface area contributed by atoms with Crippen LogP contribution in [0.4, 0.5) is 17.6 Å². The van der Waals surface area contributed by atoms with Gasteiger partial charge in [-0.05, 0) is 60.7 Å². The van der Waals surface area contributed by atoms with Crippen molar-refractivity contribution in [2.75, 3.05) is 0 Å². The fourth-order valence-electron chi connectivity index (χ4n) is 4.09. The van der Waals surface area contributed by atoms with Gasteiger partial charge < -0.3 is 15.2 Å². The normalized spacial score (nSPS) is 14.4. The molecule has 4 nitrogen and oxygen atoms in total. The molecule has 1 aromatic heterocycles. The second-order valence-electron chi connectivity index (χ2n) is 8.59. The third-order valence-corrected chi connectivity index (χ3v) is 5.56. The number of hydrogen-bond acceptors (Lipinski definition) is 3. The van der Waals surface area contributed by atoms with E-state index < -0.39 is 35.9 Å². The van der Waals surface area contributed by atoms with Crippen molar-refractivity contribution in [2.45, 2.75) is 50.8 Å². The van der Waals surface area contributed by atoms with E-state index >= 15 is 0 Å². The minimum Gasteiger partial charge on any atom is -0.508 e. The number of nitrogens with one attached hydrogen (secondary N) is 1. The summed E-state index contributed by atoms with van der Waals surface area (Å²) in [5.41, 5.74) is -2.84. The molecule has 0 saturated heterocycles. The van der Waals surface area contributed by atoms with Crippen molar-refractivity contribution in [1.82, 2.24) is 4.98 Å². The Morgan fingerprint density at radius 3 is 2.39 bits per heavy atom.